The van der Waals surface area contributed by atoms with Gasteiger partial charge in [0.25, 0.3) is 0 Å². The first-order valence-corrected chi connectivity index (χ1v) is 12.0. The third-order valence-corrected chi connectivity index (χ3v) is 7.04. The molecular formula is C21H21N3O4S3. The van der Waals surface area contributed by atoms with Crippen molar-refractivity contribution in [2.24, 2.45) is 0 Å². The summed E-state index contributed by atoms with van der Waals surface area (Å²) in [7, 11) is -2.20. The molecule has 0 fully saturated rings. The first kappa shape index (κ1) is 22.9. The van der Waals surface area contributed by atoms with Gasteiger partial charge in [-0.3, -0.25) is 0 Å². The van der Waals surface area contributed by atoms with Gasteiger partial charge in [-0.05, 0) is 48.1 Å². The van der Waals surface area contributed by atoms with Crippen molar-refractivity contribution >= 4 is 55.3 Å². The lowest BCUT2D eigenvalue weighted by molar-refractivity contribution is 0.0602. The zero-order chi connectivity index (χ0) is 22.4. The van der Waals surface area contributed by atoms with Crippen molar-refractivity contribution < 1.29 is 17.9 Å². The van der Waals surface area contributed by atoms with E-state index in [-0.39, 0.29) is 10.0 Å². The van der Waals surface area contributed by atoms with Crippen molar-refractivity contribution in [3.8, 4) is 10.4 Å². The van der Waals surface area contributed by atoms with Gasteiger partial charge in [0.1, 0.15) is 5.00 Å². The molecule has 0 saturated carbocycles. The van der Waals surface area contributed by atoms with Crippen LogP contribution in [0.1, 0.15) is 17.3 Å². The number of hydrogen-bond donors (Lipinski definition) is 3. The van der Waals surface area contributed by atoms with Gasteiger partial charge in [-0.15, -0.1) is 11.3 Å². The lowest BCUT2D eigenvalue weighted by Gasteiger charge is -2.11. The highest BCUT2D eigenvalue weighted by atomic mass is 32.2. The maximum atomic E-state index is 12.2. The molecule has 0 bridgehead atoms. The Morgan fingerprint density at radius 1 is 1.06 bits per heavy atom. The van der Waals surface area contributed by atoms with E-state index in [2.05, 4.69) is 15.4 Å². The minimum Gasteiger partial charge on any atom is -0.465 e. The zero-order valence-electron chi connectivity index (χ0n) is 16.8. The van der Waals surface area contributed by atoms with Crippen LogP contribution < -0.4 is 15.4 Å². The number of ether oxygens (including phenoxy) is 1. The maximum Gasteiger partial charge on any atom is 0.340 e. The van der Waals surface area contributed by atoms with Crippen LogP contribution in [0, 0.1) is 0 Å². The van der Waals surface area contributed by atoms with Crippen LogP contribution in [0.5, 0.6) is 0 Å². The fourth-order valence-corrected chi connectivity index (χ4v) is 5.13. The van der Waals surface area contributed by atoms with Gasteiger partial charge >= 0.3 is 5.97 Å². The SMILES string of the molecule is CCNS(=O)(=O)c1ccc(NC(=S)Nc2sc(-c3ccccc3)cc2C(=O)OC)cc1. The average molecular weight is 476 g/mol. The molecule has 0 radical (unpaired) electrons. The van der Waals surface area contributed by atoms with Gasteiger partial charge in [0.05, 0.1) is 17.6 Å². The largest absolute Gasteiger partial charge is 0.465 e. The fourth-order valence-electron chi connectivity index (χ4n) is 2.75. The molecule has 0 amide bonds. The van der Waals surface area contributed by atoms with Crippen LogP contribution in [0.15, 0.2) is 65.6 Å². The van der Waals surface area contributed by atoms with Gasteiger partial charge in [-0.2, -0.15) is 0 Å². The molecule has 0 saturated heterocycles. The van der Waals surface area contributed by atoms with Crippen molar-refractivity contribution in [3.05, 3.63) is 66.2 Å². The number of methoxy groups -OCH3 is 1. The Balaban J connectivity index is 1.77. The third kappa shape index (κ3) is 5.67. The van der Waals surface area contributed by atoms with Gasteiger partial charge in [-0.1, -0.05) is 37.3 Å². The highest BCUT2D eigenvalue weighted by Crippen LogP contribution is 2.36. The van der Waals surface area contributed by atoms with E-state index in [1.54, 1.807) is 25.1 Å². The van der Waals surface area contributed by atoms with E-state index in [0.29, 0.717) is 22.8 Å². The van der Waals surface area contributed by atoms with Crippen molar-refractivity contribution in [2.75, 3.05) is 24.3 Å². The molecule has 0 aliphatic carbocycles. The molecule has 3 rings (SSSR count). The van der Waals surface area contributed by atoms with Crippen LogP contribution in [-0.4, -0.2) is 33.2 Å². The molecule has 0 aliphatic rings. The Kier molecular flexibility index (Phi) is 7.39. The van der Waals surface area contributed by atoms with E-state index in [1.165, 1.54) is 30.6 Å². The molecule has 1 aromatic heterocycles. The summed E-state index contributed by atoms with van der Waals surface area (Å²) in [5.41, 5.74) is 1.96. The van der Waals surface area contributed by atoms with Crippen LogP contribution >= 0.6 is 23.6 Å². The summed E-state index contributed by atoms with van der Waals surface area (Å²) < 4.78 is 31.4. The molecule has 162 valence electrons. The monoisotopic (exact) mass is 475 g/mol. The van der Waals surface area contributed by atoms with Gasteiger partial charge in [0, 0.05) is 17.1 Å². The predicted octanol–water partition coefficient (Wildman–Crippen LogP) is 4.31. The smallest absolute Gasteiger partial charge is 0.340 e. The molecule has 7 nitrogen and oxygen atoms in total. The summed E-state index contributed by atoms with van der Waals surface area (Å²) in [6, 6.07) is 17.6. The van der Waals surface area contributed by atoms with E-state index in [0.717, 1.165) is 10.4 Å². The zero-order valence-corrected chi connectivity index (χ0v) is 19.3. The summed E-state index contributed by atoms with van der Waals surface area (Å²) >= 11 is 6.76. The minimum atomic E-state index is -3.52. The number of carbonyl (C=O) groups excluding carboxylic acids is 1. The molecule has 1 heterocycles. The van der Waals surface area contributed by atoms with Crippen LogP contribution in [-0.2, 0) is 14.8 Å². The van der Waals surface area contributed by atoms with Gasteiger partial charge in [0.15, 0.2) is 5.11 Å². The van der Waals surface area contributed by atoms with E-state index < -0.39 is 16.0 Å². The van der Waals surface area contributed by atoms with Crippen molar-refractivity contribution in [1.82, 2.24) is 4.72 Å². The second-order valence-electron chi connectivity index (χ2n) is 6.32. The van der Waals surface area contributed by atoms with Crippen molar-refractivity contribution in [1.29, 1.82) is 0 Å². The lowest BCUT2D eigenvalue weighted by Crippen LogP contribution is -2.23. The molecule has 3 N–H and O–H groups in total. The Morgan fingerprint density at radius 2 is 1.74 bits per heavy atom. The van der Waals surface area contributed by atoms with E-state index in [1.807, 2.05) is 30.3 Å². The number of rotatable bonds is 7. The first-order valence-electron chi connectivity index (χ1n) is 9.29. The van der Waals surface area contributed by atoms with Crippen molar-refractivity contribution in [3.63, 3.8) is 0 Å². The van der Waals surface area contributed by atoms with Gasteiger partial charge in [-0.25, -0.2) is 17.9 Å². The molecule has 10 heteroatoms. The number of thiophene rings is 1. The molecule has 31 heavy (non-hydrogen) atoms. The number of sulfonamides is 1. The second-order valence-corrected chi connectivity index (χ2v) is 9.54. The fraction of sp³-hybridized carbons (Fsp3) is 0.143. The van der Waals surface area contributed by atoms with Gasteiger partial charge in [0.2, 0.25) is 10.0 Å². The van der Waals surface area contributed by atoms with Crippen LogP contribution in [0.3, 0.4) is 0 Å². The van der Waals surface area contributed by atoms with Crippen LogP contribution in [0.4, 0.5) is 10.7 Å². The summed E-state index contributed by atoms with van der Waals surface area (Å²) in [4.78, 5) is 13.3. The normalized spacial score (nSPS) is 11.0. The second kappa shape index (κ2) is 10.0. The highest BCUT2D eigenvalue weighted by Gasteiger charge is 2.19. The minimum absolute atomic E-state index is 0.164. The Labute approximate surface area is 190 Å². The molecule has 0 atom stereocenters. The molecule has 0 spiro atoms. The average Bonchev–Trinajstić information content (AvgIpc) is 3.17. The molecular weight excluding hydrogens is 454 g/mol. The number of hydrogen-bond acceptors (Lipinski definition) is 6. The quantitative estimate of drug-likeness (QED) is 0.346. The third-order valence-electron chi connectivity index (χ3n) is 4.18. The standard InChI is InChI=1S/C21H21N3O4S3/c1-3-22-31(26,27)16-11-9-15(10-12-16)23-21(29)24-19-17(20(25)28-2)13-18(30-19)14-7-5-4-6-8-14/h4-13,22H,3H2,1-2H3,(H2,23,24,29). The number of nitrogens with one attached hydrogen (secondary N) is 3. The maximum absolute atomic E-state index is 12.2. The number of benzene rings is 2. The summed E-state index contributed by atoms with van der Waals surface area (Å²) in [5, 5.41) is 6.84. The summed E-state index contributed by atoms with van der Waals surface area (Å²) in [6.07, 6.45) is 0. The Bertz CT molecular complexity index is 1170. The van der Waals surface area contributed by atoms with Crippen LogP contribution in [0.2, 0.25) is 0 Å². The number of carbonyl (C=O) groups is 1. The predicted molar refractivity (Wildman–Crippen MR) is 128 cm³/mol. The van der Waals surface area contributed by atoms with Gasteiger partial charge < -0.3 is 15.4 Å². The first-order chi connectivity index (χ1) is 14.8. The molecule has 0 unspecified atom stereocenters. The molecule has 0 aliphatic heterocycles. The number of thiocarbonyl (C=S) groups is 1. The Morgan fingerprint density at radius 3 is 2.35 bits per heavy atom. The van der Waals surface area contributed by atoms with Crippen LogP contribution in [0.25, 0.3) is 10.4 Å². The van der Waals surface area contributed by atoms with Crippen molar-refractivity contribution in [2.45, 2.75) is 11.8 Å². The summed E-state index contributed by atoms with van der Waals surface area (Å²) in [5.74, 6) is -0.471. The van der Waals surface area contributed by atoms with E-state index in [4.69, 9.17) is 17.0 Å². The van der Waals surface area contributed by atoms with E-state index >= 15 is 0 Å². The lowest BCUT2D eigenvalue weighted by atomic mass is 10.1. The molecule has 3 aromatic rings. The number of esters is 1. The molecule has 2 aromatic carbocycles. The highest BCUT2D eigenvalue weighted by molar-refractivity contribution is 7.89. The number of anilines is 2. The Hall–Kier alpha value is -2.79. The topological polar surface area (TPSA) is 96.5 Å². The van der Waals surface area contributed by atoms with E-state index in [9.17, 15) is 13.2 Å². The summed E-state index contributed by atoms with van der Waals surface area (Å²) in [6.45, 7) is 2.03.